The Balaban J connectivity index is 1.24. The first kappa shape index (κ1) is 27.1. The molecule has 2 N–H and O–H groups in total. The molecule has 12 heteroatoms. The number of urea groups is 1. The Morgan fingerprint density at radius 1 is 1.29 bits per heavy atom. The van der Waals surface area contributed by atoms with E-state index >= 15 is 0 Å². The number of carbonyl (C=O) groups is 3. The van der Waals surface area contributed by atoms with Crippen molar-refractivity contribution in [2.24, 2.45) is 0 Å². The molecule has 2 atom stereocenters. The van der Waals surface area contributed by atoms with E-state index in [1.807, 2.05) is 13.1 Å². The molecule has 2 saturated carbocycles. The molecule has 12 nitrogen and oxygen atoms in total. The lowest BCUT2D eigenvalue weighted by molar-refractivity contribution is -0.135. The van der Waals surface area contributed by atoms with Gasteiger partial charge in [0.15, 0.2) is 6.29 Å². The first-order chi connectivity index (χ1) is 19.8. The van der Waals surface area contributed by atoms with Crippen molar-refractivity contribution in [3.63, 3.8) is 0 Å². The van der Waals surface area contributed by atoms with E-state index in [-0.39, 0.29) is 35.2 Å². The van der Waals surface area contributed by atoms with Crippen molar-refractivity contribution < 1.29 is 19.1 Å². The minimum absolute atomic E-state index is 0.0542. The van der Waals surface area contributed by atoms with Crippen molar-refractivity contribution in [3.8, 4) is 6.07 Å². The van der Waals surface area contributed by atoms with Crippen LogP contribution in [0.15, 0.2) is 24.4 Å². The van der Waals surface area contributed by atoms with E-state index in [2.05, 4.69) is 31.6 Å². The lowest BCUT2D eigenvalue weighted by atomic mass is 9.58. The van der Waals surface area contributed by atoms with Gasteiger partial charge in [-0.25, -0.2) is 14.8 Å². The van der Waals surface area contributed by atoms with Crippen LogP contribution in [-0.2, 0) is 14.9 Å². The molecule has 3 aliphatic heterocycles. The van der Waals surface area contributed by atoms with Gasteiger partial charge in [-0.15, -0.1) is 0 Å². The van der Waals surface area contributed by atoms with Crippen molar-refractivity contribution >= 4 is 35.5 Å². The van der Waals surface area contributed by atoms with Gasteiger partial charge in [-0.1, -0.05) is 6.07 Å². The molecular weight excluding hydrogens is 524 g/mol. The highest BCUT2D eigenvalue weighted by atomic mass is 16.5. The smallest absolute Gasteiger partial charge is 0.328 e. The summed E-state index contributed by atoms with van der Waals surface area (Å²) in [6, 6.07) is 7.00. The number of pyridine rings is 2. The van der Waals surface area contributed by atoms with E-state index in [1.54, 1.807) is 29.0 Å². The van der Waals surface area contributed by atoms with Gasteiger partial charge in [-0.05, 0) is 38.2 Å². The van der Waals surface area contributed by atoms with Crippen molar-refractivity contribution in [3.05, 3.63) is 41.2 Å². The number of hydrogen-bond donors (Lipinski definition) is 2. The Kier molecular flexibility index (Phi) is 7.09. The SMILES string of the molecule is COC1CCCC1Nc1cc(NC(=O)N2c3nc(C=O)ccc3C3(CN4CCN(C)C(=O)C4)CC2C3)ncc1C#N. The number of aldehydes is 1. The molecule has 41 heavy (non-hydrogen) atoms. The Hall–Kier alpha value is -4.08. The number of piperazine rings is 1. The van der Waals surface area contributed by atoms with Crippen LogP contribution in [0.1, 0.15) is 53.7 Å². The molecule has 3 fully saturated rings. The summed E-state index contributed by atoms with van der Waals surface area (Å²) in [5, 5.41) is 16.0. The zero-order valence-corrected chi connectivity index (χ0v) is 23.3. The Labute approximate surface area is 238 Å². The van der Waals surface area contributed by atoms with Gasteiger partial charge in [0.1, 0.15) is 23.4 Å². The number of likely N-dealkylation sites (N-methyl/N-ethyl adjacent to an activating group) is 1. The van der Waals surface area contributed by atoms with Gasteiger partial charge in [0, 0.05) is 63.1 Å². The van der Waals surface area contributed by atoms with Crippen molar-refractivity contribution in [2.75, 3.05) is 55.9 Å². The van der Waals surface area contributed by atoms with E-state index in [1.165, 1.54) is 6.20 Å². The maximum absolute atomic E-state index is 13.7. The van der Waals surface area contributed by atoms with E-state index < -0.39 is 6.03 Å². The number of amides is 3. The molecule has 0 radical (unpaired) electrons. The predicted octanol–water partition coefficient (Wildman–Crippen LogP) is 2.37. The van der Waals surface area contributed by atoms with Crippen LogP contribution >= 0.6 is 0 Å². The van der Waals surface area contributed by atoms with Gasteiger partial charge >= 0.3 is 6.03 Å². The highest BCUT2D eigenvalue weighted by Crippen LogP contribution is 2.55. The number of nitrogens with one attached hydrogen (secondary N) is 2. The number of hydrogen-bond acceptors (Lipinski definition) is 9. The molecule has 2 aromatic heterocycles. The predicted molar refractivity (Wildman–Crippen MR) is 151 cm³/mol. The molecule has 2 bridgehead atoms. The van der Waals surface area contributed by atoms with E-state index in [0.29, 0.717) is 48.8 Å². The minimum atomic E-state index is -0.395. The number of ether oxygens (including phenoxy) is 1. The highest BCUT2D eigenvalue weighted by molar-refractivity contribution is 6.03. The van der Waals surface area contributed by atoms with Crippen LogP contribution in [0.25, 0.3) is 0 Å². The molecule has 2 aromatic rings. The van der Waals surface area contributed by atoms with Gasteiger partial charge in [0.2, 0.25) is 5.91 Å². The third-order valence-electron chi connectivity index (χ3n) is 9.07. The van der Waals surface area contributed by atoms with Gasteiger partial charge in [0.25, 0.3) is 0 Å². The molecule has 2 aliphatic carbocycles. The maximum Gasteiger partial charge on any atom is 0.328 e. The van der Waals surface area contributed by atoms with E-state index in [0.717, 1.165) is 44.2 Å². The number of carbonyl (C=O) groups excluding carboxylic acids is 3. The first-order valence-corrected chi connectivity index (χ1v) is 14.1. The average Bonchev–Trinajstić information content (AvgIpc) is 3.41. The zero-order chi connectivity index (χ0) is 28.7. The largest absolute Gasteiger partial charge is 0.379 e. The fourth-order valence-electron chi connectivity index (χ4n) is 6.87. The number of anilines is 3. The number of nitrogens with zero attached hydrogens (tertiary/aromatic N) is 6. The molecule has 1 saturated heterocycles. The van der Waals surface area contributed by atoms with Crippen LogP contribution in [-0.4, -0.2) is 96.5 Å². The Bertz CT molecular complexity index is 1420. The van der Waals surface area contributed by atoms with Crippen molar-refractivity contribution in [1.29, 1.82) is 5.26 Å². The summed E-state index contributed by atoms with van der Waals surface area (Å²) in [6.07, 6.45) is 6.57. The highest BCUT2D eigenvalue weighted by Gasteiger charge is 2.56. The van der Waals surface area contributed by atoms with Gasteiger partial charge in [-0.3, -0.25) is 24.7 Å². The standard InChI is InChI=1S/C29H34N8O4/c1-35-8-9-36(15-26(35)39)17-29-11-20(12-29)37(27-21(29)7-6-19(16-38)32-27)28(40)34-25-10-23(18(13-30)14-31-25)33-22-4-3-5-24(22)41-2/h6-7,10,14,16,20,22,24H,3-5,8-9,11-12,15,17H2,1-2H3,(H2,31,33,34,40). The third kappa shape index (κ3) is 4.89. The summed E-state index contributed by atoms with van der Waals surface area (Å²) >= 11 is 0. The second kappa shape index (κ2) is 10.7. The monoisotopic (exact) mass is 558 g/mol. The van der Waals surface area contributed by atoms with Crippen LogP contribution < -0.4 is 15.5 Å². The van der Waals surface area contributed by atoms with Crippen molar-refractivity contribution in [2.45, 2.75) is 55.7 Å². The summed E-state index contributed by atoms with van der Waals surface area (Å²) in [5.41, 5.74) is 1.91. The molecule has 7 rings (SSSR count). The van der Waals surface area contributed by atoms with Crippen LogP contribution in [0.4, 0.5) is 22.1 Å². The summed E-state index contributed by atoms with van der Waals surface area (Å²) in [4.78, 5) is 52.1. The van der Waals surface area contributed by atoms with Crippen LogP contribution in [0, 0.1) is 11.3 Å². The minimum Gasteiger partial charge on any atom is -0.379 e. The summed E-state index contributed by atoms with van der Waals surface area (Å²) in [7, 11) is 3.51. The average molecular weight is 559 g/mol. The van der Waals surface area contributed by atoms with Crippen molar-refractivity contribution in [1.82, 2.24) is 19.8 Å². The fourth-order valence-corrected chi connectivity index (χ4v) is 6.87. The first-order valence-electron chi connectivity index (χ1n) is 14.1. The Morgan fingerprint density at radius 3 is 2.85 bits per heavy atom. The summed E-state index contributed by atoms with van der Waals surface area (Å²) in [6.45, 7) is 2.54. The van der Waals surface area contributed by atoms with Gasteiger partial charge < -0.3 is 15.0 Å². The van der Waals surface area contributed by atoms with E-state index in [4.69, 9.17) is 4.74 Å². The quantitative estimate of drug-likeness (QED) is 0.490. The van der Waals surface area contributed by atoms with Crippen LogP contribution in [0.5, 0.6) is 0 Å². The second-order valence-electron chi connectivity index (χ2n) is 11.6. The topological polar surface area (TPSA) is 144 Å². The molecule has 5 heterocycles. The number of nitriles is 1. The molecule has 214 valence electrons. The van der Waals surface area contributed by atoms with E-state index in [9.17, 15) is 19.6 Å². The number of aromatic nitrogens is 2. The molecule has 5 aliphatic rings. The molecule has 0 aromatic carbocycles. The lowest BCUT2D eigenvalue weighted by Gasteiger charge is -2.58. The Morgan fingerprint density at radius 2 is 2.12 bits per heavy atom. The molecule has 0 spiro atoms. The summed E-state index contributed by atoms with van der Waals surface area (Å²) in [5.74, 6) is 0.879. The number of rotatable bonds is 7. The maximum atomic E-state index is 13.7. The third-order valence-corrected chi connectivity index (χ3v) is 9.07. The fraction of sp³-hybridized carbons (Fsp3) is 0.517. The number of methoxy groups -OCH3 is 1. The van der Waals surface area contributed by atoms with Crippen LogP contribution in [0.2, 0.25) is 0 Å². The second-order valence-corrected chi connectivity index (χ2v) is 11.6. The zero-order valence-electron chi connectivity index (χ0n) is 23.3. The normalized spacial score (nSPS) is 27.0. The van der Waals surface area contributed by atoms with Gasteiger partial charge in [-0.2, -0.15) is 5.26 Å². The molecule has 3 amide bonds. The lowest BCUT2D eigenvalue weighted by Crippen LogP contribution is -2.65. The molecular formula is C29H34N8O4. The summed E-state index contributed by atoms with van der Waals surface area (Å²) < 4.78 is 5.59. The van der Waals surface area contributed by atoms with Crippen LogP contribution in [0.3, 0.4) is 0 Å². The molecule has 2 unspecified atom stereocenters. The van der Waals surface area contributed by atoms with Gasteiger partial charge in [0.05, 0.1) is 29.9 Å².